The van der Waals surface area contributed by atoms with Crippen molar-refractivity contribution in [1.82, 2.24) is 15.0 Å². The van der Waals surface area contributed by atoms with Crippen molar-refractivity contribution >= 4 is 30.3 Å². The summed E-state index contributed by atoms with van der Waals surface area (Å²) in [6.07, 6.45) is 3.50. The SMILES string of the molecule is Cl.O=C1CCCN1N1C=CSN1. The second-order valence-electron chi connectivity index (χ2n) is 2.46. The molecular formula is C6H10ClN3OS. The summed E-state index contributed by atoms with van der Waals surface area (Å²) < 4.78 is 0. The van der Waals surface area contributed by atoms with E-state index < -0.39 is 0 Å². The lowest BCUT2D eigenvalue weighted by atomic mass is 10.4. The zero-order chi connectivity index (χ0) is 7.68. The maximum absolute atomic E-state index is 11.2. The minimum Gasteiger partial charge on any atom is -0.273 e. The Kier molecular flexibility index (Phi) is 3.25. The molecule has 0 aromatic rings. The molecule has 0 bridgehead atoms. The molecule has 0 aliphatic carbocycles. The Hall–Kier alpha value is -0.390. The first kappa shape index (κ1) is 9.70. The lowest BCUT2D eigenvalue weighted by Gasteiger charge is -2.25. The molecule has 2 aliphatic rings. The normalized spacial score (nSPS) is 21.8. The highest BCUT2D eigenvalue weighted by molar-refractivity contribution is 8.00. The van der Waals surface area contributed by atoms with Gasteiger partial charge in [0, 0.05) is 24.6 Å². The van der Waals surface area contributed by atoms with Gasteiger partial charge in [0.15, 0.2) is 0 Å². The van der Waals surface area contributed by atoms with Crippen LogP contribution in [0.4, 0.5) is 0 Å². The van der Waals surface area contributed by atoms with E-state index in [4.69, 9.17) is 0 Å². The number of amides is 1. The van der Waals surface area contributed by atoms with Crippen molar-refractivity contribution in [1.29, 1.82) is 0 Å². The van der Waals surface area contributed by atoms with Gasteiger partial charge in [-0.05, 0) is 18.4 Å². The number of nitrogens with zero attached hydrogens (tertiary/aromatic N) is 2. The summed E-state index contributed by atoms with van der Waals surface area (Å²) in [5, 5.41) is 5.36. The minimum atomic E-state index is 0. The summed E-state index contributed by atoms with van der Waals surface area (Å²) in [5.74, 6) is 0.199. The largest absolute Gasteiger partial charge is 0.273 e. The average molecular weight is 208 g/mol. The standard InChI is InChI=1S/C6H9N3OS.ClH/c10-6-2-1-3-8(6)9-4-5-11-7-9;/h4-5,7H,1-3H2;1H. The number of carbonyl (C=O) groups excluding carboxylic acids is 1. The average Bonchev–Trinajstić information content (AvgIpc) is 2.55. The minimum absolute atomic E-state index is 0. The predicted molar refractivity (Wildman–Crippen MR) is 49.9 cm³/mol. The molecule has 0 saturated carbocycles. The monoisotopic (exact) mass is 207 g/mol. The van der Waals surface area contributed by atoms with E-state index in [0.717, 1.165) is 13.0 Å². The van der Waals surface area contributed by atoms with Crippen LogP contribution in [-0.4, -0.2) is 22.6 Å². The van der Waals surface area contributed by atoms with Crippen LogP contribution in [0.1, 0.15) is 12.8 Å². The van der Waals surface area contributed by atoms with Crippen molar-refractivity contribution in [3.63, 3.8) is 0 Å². The van der Waals surface area contributed by atoms with Crippen LogP contribution in [0, 0.1) is 0 Å². The third kappa shape index (κ3) is 1.68. The first-order valence-corrected chi connectivity index (χ1v) is 4.43. The lowest BCUT2D eigenvalue weighted by Crippen LogP contribution is -2.43. The van der Waals surface area contributed by atoms with Crippen molar-refractivity contribution in [2.45, 2.75) is 12.8 Å². The first-order chi connectivity index (χ1) is 5.38. The van der Waals surface area contributed by atoms with Gasteiger partial charge in [0.25, 0.3) is 0 Å². The van der Waals surface area contributed by atoms with Gasteiger partial charge in [0.2, 0.25) is 5.91 Å². The summed E-state index contributed by atoms with van der Waals surface area (Å²) in [6.45, 7) is 0.830. The van der Waals surface area contributed by atoms with Gasteiger partial charge in [-0.3, -0.25) is 4.79 Å². The topological polar surface area (TPSA) is 35.6 Å². The molecule has 2 heterocycles. The highest BCUT2D eigenvalue weighted by Gasteiger charge is 2.25. The Balaban J connectivity index is 0.000000720. The van der Waals surface area contributed by atoms with Crippen LogP contribution in [-0.2, 0) is 4.79 Å². The molecule has 0 radical (unpaired) electrons. The first-order valence-electron chi connectivity index (χ1n) is 3.55. The Morgan fingerprint density at radius 2 is 2.42 bits per heavy atom. The summed E-state index contributed by atoms with van der Waals surface area (Å²) in [5.41, 5.74) is 0. The number of carbonyl (C=O) groups is 1. The van der Waals surface area contributed by atoms with E-state index in [1.807, 2.05) is 11.6 Å². The smallest absolute Gasteiger partial charge is 0.242 e. The van der Waals surface area contributed by atoms with Crippen molar-refractivity contribution in [2.24, 2.45) is 0 Å². The molecule has 68 valence electrons. The van der Waals surface area contributed by atoms with Crippen LogP contribution in [0.3, 0.4) is 0 Å². The third-order valence-corrected chi connectivity index (χ3v) is 2.28. The fraction of sp³-hybridized carbons (Fsp3) is 0.500. The summed E-state index contributed by atoms with van der Waals surface area (Å²) in [4.78, 5) is 14.1. The number of hydrogen-bond acceptors (Lipinski definition) is 4. The molecule has 0 spiro atoms. The number of halogens is 1. The molecule has 12 heavy (non-hydrogen) atoms. The molecule has 0 aromatic carbocycles. The van der Waals surface area contributed by atoms with Gasteiger partial charge in [-0.15, -0.1) is 12.4 Å². The molecule has 1 N–H and O–H groups in total. The van der Waals surface area contributed by atoms with Crippen LogP contribution >= 0.6 is 24.4 Å². The highest BCUT2D eigenvalue weighted by atomic mass is 35.5. The van der Waals surface area contributed by atoms with E-state index in [2.05, 4.69) is 4.83 Å². The van der Waals surface area contributed by atoms with E-state index in [1.165, 1.54) is 11.9 Å². The second kappa shape index (κ2) is 4.02. The van der Waals surface area contributed by atoms with Crippen molar-refractivity contribution < 1.29 is 4.79 Å². The van der Waals surface area contributed by atoms with Gasteiger partial charge in [-0.2, -0.15) is 4.83 Å². The van der Waals surface area contributed by atoms with Gasteiger partial charge in [-0.25, -0.2) is 10.1 Å². The zero-order valence-corrected chi connectivity index (χ0v) is 8.03. The third-order valence-electron chi connectivity index (χ3n) is 1.72. The van der Waals surface area contributed by atoms with Gasteiger partial charge in [-0.1, -0.05) is 0 Å². The van der Waals surface area contributed by atoms with Crippen LogP contribution in [0.15, 0.2) is 11.6 Å². The van der Waals surface area contributed by atoms with Crippen LogP contribution in [0.2, 0.25) is 0 Å². The van der Waals surface area contributed by atoms with Crippen LogP contribution in [0.5, 0.6) is 0 Å². The quantitative estimate of drug-likeness (QED) is 0.648. The molecule has 0 aromatic heterocycles. The molecule has 1 amide bonds. The maximum atomic E-state index is 11.2. The Bertz CT molecular complexity index is 211. The van der Waals surface area contributed by atoms with Crippen molar-refractivity contribution in [2.75, 3.05) is 6.54 Å². The van der Waals surface area contributed by atoms with E-state index in [1.54, 1.807) is 10.1 Å². The summed E-state index contributed by atoms with van der Waals surface area (Å²) >= 11 is 1.47. The van der Waals surface area contributed by atoms with Crippen molar-refractivity contribution in [3.05, 3.63) is 11.6 Å². The Morgan fingerprint density at radius 3 is 2.92 bits per heavy atom. The molecular weight excluding hydrogens is 198 g/mol. The lowest BCUT2D eigenvalue weighted by molar-refractivity contribution is -0.140. The van der Waals surface area contributed by atoms with Crippen molar-refractivity contribution in [3.8, 4) is 0 Å². The zero-order valence-electron chi connectivity index (χ0n) is 6.40. The van der Waals surface area contributed by atoms with E-state index >= 15 is 0 Å². The van der Waals surface area contributed by atoms with Crippen LogP contribution in [0.25, 0.3) is 0 Å². The van der Waals surface area contributed by atoms with E-state index in [-0.39, 0.29) is 18.3 Å². The number of nitrogens with one attached hydrogen (secondary N) is 1. The molecule has 2 rings (SSSR count). The fourth-order valence-electron chi connectivity index (χ4n) is 1.19. The second-order valence-corrected chi connectivity index (χ2v) is 3.15. The number of hydrazine groups is 2. The summed E-state index contributed by atoms with van der Waals surface area (Å²) in [7, 11) is 0. The van der Waals surface area contributed by atoms with Gasteiger partial charge >= 0.3 is 0 Å². The molecule has 1 saturated heterocycles. The molecule has 0 atom stereocenters. The predicted octanol–water partition coefficient (Wildman–Crippen LogP) is 0.885. The van der Waals surface area contributed by atoms with E-state index in [0.29, 0.717) is 6.42 Å². The fourth-order valence-corrected chi connectivity index (χ4v) is 1.70. The number of hydrogen-bond donors (Lipinski definition) is 1. The maximum Gasteiger partial charge on any atom is 0.242 e. The molecule has 2 aliphatic heterocycles. The van der Waals surface area contributed by atoms with Gasteiger partial charge in [0.05, 0.1) is 0 Å². The molecule has 4 nitrogen and oxygen atoms in total. The van der Waals surface area contributed by atoms with Crippen LogP contribution < -0.4 is 4.83 Å². The van der Waals surface area contributed by atoms with E-state index in [9.17, 15) is 4.79 Å². The molecule has 1 fully saturated rings. The summed E-state index contributed by atoms with van der Waals surface area (Å²) in [6, 6.07) is 0. The molecule has 0 unspecified atom stereocenters. The molecule has 6 heteroatoms. The van der Waals surface area contributed by atoms with Gasteiger partial charge in [0.1, 0.15) is 0 Å². The Labute approximate surface area is 81.4 Å². The number of rotatable bonds is 1. The highest BCUT2D eigenvalue weighted by Crippen LogP contribution is 2.17. The Morgan fingerprint density at radius 1 is 1.58 bits per heavy atom. The van der Waals surface area contributed by atoms with Gasteiger partial charge < -0.3 is 0 Å².